The second-order valence-corrected chi connectivity index (χ2v) is 5.17. The van der Waals surface area contributed by atoms with Crippen molar-refractivity contribution in [1.82, 2.24) is 4.90 Å². The summed E-state index contributed by atoms with van der Waals surface area (Å²) in [6.07, 6.45) is 1.24. The molecular weight excluding hydrogens is 254 g/mol. The minimum atomic E-state index is -0.608. The van der Waals surface area contributed by atoms with Crippen molar-refractivity contribution < 1.29 is 14.3 Å². The van der Waals surface area contributed by atoms with Gasteiger partial charge in [0.15, 0.2) is 0 Å². The largest absolute Gasteiger partial charge is 0.465 e. The van der Waals surface area contributed by atoms with E-state index in [9.17, 15) is 9.59 Å². The molecule has 0 unspecified atom stereocenters. The van der Waals surface area contributed by atoms with E-state index in [4.69, 9.17) is 4.74 Å². The lowest BCUT2D eigenvalue weighted by atomic mass is 9.72. The Kier molecular flexibility index (Phi) is 4.42. The number of esters is 1. The first-order valence-corrected chi connectivity index (χ1v) is 7.08. The maximum Gasteiger partial charge on any atom is 0.316 e. The van der Waals surface area contributed by atoms with Gasteiger partial charge in [-0.15, -0.1) is 0 Å². The first kappa shape index (κ1) is 14.6. The van der Waals surface area contributed by atoms with Crippen LogP contribution in [0.1, 0.15) is 32.3 Å². The lowest BCUT2D eigenvalue weighted by Gasteiger charge is -2.40. The number of benzene rings is 1. The molecule has 20 heavy (non-hydrogen) atoms. The average Bonchev–Trinajstić information content (AvgIpc) is 2.48. The van der Waals surface area contributed by atoms with E-state index in [-0.39, 0.29) is 11.9 Å². The number of rotatable bonds is 3. The Bertz CT molecular complexity index is 476. The molecule has 1 aliphatic heterocycles. The molecule has 4 nitrogen and oxygen atoms in total. The minimum Gasteiger partial charge on any atom is -0.465 e. The molecule has 2 rings (SSSR count). The third-order valence-electron chi connectivity index (χ3n) is 4.05. The van der Waals surface area contributed by atoms with Gasteiger partial charge in [0.25, 0.3) is 0 Å². The molecule has 0 N–H and O–H groups in total. The number of hydrogen-bond acceptors (Lipinski definition) is 3. The Morgan fingerprint density at radius 3 is 2.30 bits per heavy atom. The zero-order chi connectivity index (χ0) is 14.6. The lowest BCUT2D eigenvalue weighted by molar-refractivity contribution is -0.153. The molecule has 1 aromatic rings. The van der Waals surface area contributed by atoms with Crippen LogP contribution in [0.4, 0.5) is 0 Å². The van der Waals surface area contributed by atoms with Gasteiger partial charge in [0, 0.05) is 20.0 Å². The van der Waals surface area contributed by atoms with Crippen molar-refractivity contribution in [1.29, 1.82) is 0 Å². The van der Waals surface area contributed by atoms with E-state index in [0.717, 1.165) is 5.56 Å². The van der Waals surface area contributed by atoms with E-state index in [1.807, 2.05) is 37.3 Å². The van der Waals surface area contributed by atoms with Crippen molar-refractivity contribution in [3.05, 3.63) is 35.9 Å². The number of amides is 1. The Morgan fingerprint density at radius 2 is 1.80 bits per heavy atom. The van der Waals surface area contributed by atoms with Crippen LogP contribution in [0.15, 0.2) is 30.3 Å². The first-order chi connectivity index (χ1) is 9.60. The summed E-state index contributed by atoms with van der Waals surface area (Å²) in [5.41, 5.74) is 0.380. The molecule has 108 valence electrons. The topological polar surface area (TPSA) is 46.6 Å². The van der Waals surface area contributed by atoms with Crippen molar-refractivity contribution in [3.8, 4) is 0 Å². The number of carbonyl (C=O) groups is 2. The van der Waals surface area contributed by atoms with Gasteiger partial charge in [-0.2, -0.15) is 0 Å². The number of ether oxygens (including phenoxy) is 1. The highest BCUT2D eigenvalue weighted by Gasteiger charge is 2.44. The van der Waals surface area contributed by atoms with Gasteiger partial charge in [-0.05, 0) is 25.3 Å². The quantitative estimate of drug-likeness (QED) is 0.794. The molecule has 0 radical (unpaired) electrons. The highest BCUT2D eigenvalue weighted by atomic mass is 16.5. The SMILES string of the molecule is CCOC(=O)C1(c2ccccc2)CCN(C(C)=O)CC1. The highest BCUT2D eigenvalue weighted by Crippen LogP contribution is 2.36. The van der Waals surface area contributed by atoms with Crippen molar-refractivity contribution in [2.45, 2.75) is 32.1 Å². The van der Waals surface area contributed by atoms with Gasteiger partial charge < -0.3 is 9.64 Å². The van der Waals surface area contributed by atoms with E-state index < -0.39 is 5.41 Å². The first-order valence-electron chi connectivity index (χ1n) is 7.08. The number of hydrogen-bond donors (Lipinski definition) is 0. The van der Waals surface area contributed by atoms with Crippen molar-refractivity contribution >= 4 is 11.9 Å². The van der Waals surface area contributed by atoms with Crippen LogP contribution in [-0.4, -0.2) is 36.5 Å². The minimum absolute atomic E-state index is 0.0653. The van der Waals surface area contributed by atoms with Crippen molar-refractivity contribution in [2.75, 3.05) is 19.7 Å². The third kappa shape index (κ3) is 2.69. The number of piperidine rings is 1. The second-order valence-electron chi connectivity index (χ2n) is 5.17. The van der Waals surface area contributed by atoms with Crippen LogP contribution in [0.5, 0.6) is 0 Å². The summed E-state index contributed by atoms with van der Waals surface area (Å²) >= 11 is 0. The van der Waals surface area contributed by atoms with E-state index in [2.05, 4.69) is 0 Å². The summed E-state index contributed by atoms with van der Waals surface area (Å²) in [6.45, 7) is 4.97. The van der Waals surface area contributed by atoms with Gasteiger partial charge in [0.05, 0.1) is 12.0 Å². The molecule has 1 fully saturated rings. The standard InChI is InChI=1S/C16H21NO3/c1-3-20-15(19)16(14-7-5-4-6-8-14)9-11-17(12-10-16)13(2)18/h4-8H,3,9-12H2,1-2H3. The van der Waals surface area contributed by atoms with Crippen LogP contribution in [0.25, 0.3) is 0 Å². The molecule has 1 aliphatic rings. The average molecular weight is 275 g/mol. The molecule has 1 amide bonds. The number of nitrogens with zero attached hydrogens (tertiary/aromatic N) is 1. The summed E-state index contributed by atoms with van der Waals surface area (Å²) < 4.78 is 5.29. The highest BCUT2D eigenvalue weighted by molar-refractivity contribution is 5.84. The Morgan fingerprint density at radius 1 is 1.20 bits per heavy atom. The van der Waals surface area contributed by atoms with Gasteiger partial charge >= 0.3 is 5.97 Å². The molecule has 0 bridgehead atoms. The molecule has 4 heteroatoms. The third-order valence-corrected chi connectivity index (χ3v) is 4.05. The summed E-state index contributed by atoms with van der Waals surface area (Å²) in [4.78, 5) is 25.7. The van der Waals surface area contributed by atoms with Gasteiger partial charge in [0.2, 0.25) is 5.91 Å². The smallest absolute Gasteiger partial charge is 0.316 e. The van der Waals surface area contributed by atoms with Gasteiger partial charge in [0.1, 0.15) is 0 Å². The Balaban J connectivity index is 2.28. The van der Waals surface area contributed by atoms with Crippen LogP contribution >= 0.6 is 0 Å². The predicted octanol–water partition coefficient (Wildman–Crippen LogP) is 2.13. The Labute approximate surface area is 119 Å². The zero-order valence-electron chi connectivity index (χ0n) is 12.1. The van der Waals surface area contributed by atoms with Gasteiger partial charge in [-0.3, -0.25) is 9.59 Å². The predicted molar refractivity (Wildman–Crippen MR) is 76.2 cm³/mol. The molecular formula is C16H21NO3. The zero-order valence-corrected chi connectivity index (χ0v) is 12.1. The summed E-state index contributed by atoms with van der Waals surface area (Å²) in [6, 6.07) is 9.76. The summed E-state index contributed by atoms with van der Waals surface area (Å²) in [5.74, 6) is -0.107. The van der Waals surface area contributed by atoms with E-state index in [0.29, 0.717) is 32.5 Å². The maximum absolute atomic E-state index is 12.5. The van der Waals surface area contributed by atoms with Crippen LogP contribution in [0.2, 0.25) is 0 Å². The monoisotopic (exact) mass is 275 g/mol. The molecule has 1 saturated heterocycles. The second kappa shape index (κ2) is 6.07. The van der Waals surface area contributed by atoms with Crippen molar-refractivity contribution in [3.63, 3.8) is 0 Å². The van der Waals surface area contributed by atoms with Crippen LogP contribution < -0.4 is 0 Å². The maximum atomic E-state index is 12.5. The molecule has 0 spiro atoms. The summed E-state index contributed by atoms with van der Waals surface area (Å²) in [7, 11) is 0. The lowest BCUT2D eigenvalue weighted by Crippen LogP contribution is -2.49. The molecule has 1 heterocycles. The van der Waals surface area contributed by atoms with Crippen LogP contribution in [0, 0.1) is 0 Å². The molecule has 0 atom stereocenters. The van der Waals surface area contributed by atoms with E-state index in [1.54, 1.807) is 11.8 Å². The summed E-state index contributed by atoms with van der Waals surface area (Å²) in [5, 5.41) is 0. The van der Waals surface area contributed by atoms with Gasteiger partial charge in [-0.1, -0.05) is 30.3 Å². The fourth-order valence-corrected chi connectivity index (χ4v) is 2.84. The molecule has 1 aromatic carbocycles. The van der Waals surface area contributed by atoms with E-state index in [1.165, 1.54) is 0 Å². The van der Waals surface area contributed by atoms with Gasteiger partial charge in [-0.25, -0.2) is 0 Å². The number of carbonyl (C=O) groups excluding carboxylic acids is 2. The van der Waals surface area contributed by atoms with E-state index >= 15 is 0 Å². The molecule has 0 saturated carbocycles. The molecule has 0 aromatic heterocycles. The normalized spacial score (nSPS) is 17.6. The van der Waals surface area contributed by atoms with Crippen LogP contribution in [-0.2, 0) is 19.7 Å². The fourth-order valence-electron chi connectivity index (χ4n) is 2.84. The van der Waals surface area contributed by atoms with Crippen molar-refractivity contribution in [2.24, 2.45) is 0 Å². The Hall–Kier alpha value is -1.84. The molecule has 0 aliphatic carbocycles. The van der Waals surface area contributed by atoms with Crippen LogP contribution in [0.3, 0.4) is 0 Å². The fraction of sp³-hybridized carbons (Fsp3) is 0.500. The number of likely N-dealkylation sites (tertiary alicyclic amines) is 1.